The number of fused-ring (bicyclic) bond motifs is 1. The van der Waals surface area contributed by atoms with Crippen molar-refractivity contribution in [1.29, 1.82) is 0 Å². The van der Waals surface area contributed by atoms with Gasteiger partial charge in [0.15, 0.2) is 5.58 Å². The molecule has 2 aromatic rings. The van der Waals surface area contributed by atoms with Crippen LogP contribution in [0, 0.1) is 0 Å². The van der Waals surface area contributed by atoms with Gasteiger partial charge in [-0.05, 0) is 37.8 Å². The van der Waals surface area contributed by atoms with Gasteiger partial charge in [-0.1, -0.05) is 19.3 Å². The molecule has 1 N–H and O–H groups in total. The summed E-state index contributed by atoms with van der Waals surface area (Å²) < 4.78 is 33.6. The first-order chi connectivity index (χ1) is 13.9. The third-order valence-corrected chi connectivity index (χ3v) is 7.77. The van der Waals surface area contributed by atoms with Crippen LogP contribution >= 0.6 is 0 Å². The summed E-state index contributed by atoms with van der Waals surface area (Å²) in [7, 11) is -3.58. The fourth-order valence-corrected chi connectivity index (χ4v) is 5.79. The summed E-state index contributed by atoms with van der Waals surface area (Å²) in [5.74, 6) is -0.660. The Morgan fingerprint density at radius 2 is 1.83 bits per heavy atom. The largest absolute Gasteiger partial charge is 0.419 e. The van der Waals surface area contributed by atoms with Crippen molar-refractivity contribution in [1.82, 2.24) is 14.2 Å². The third-order valence-electron chi connectivity index (χ3n) is 5.88. The lowest BCUT2D eigenvalue weighted by Crippen LogP contribution is -2.36. The number of rotatable bonds is 6. The highest BCUT2D eigenvalue weighted by Crippen LogP contribution is 2.24. The molecule has 4 rings (SSSR count). The molecular formula is C20H27N3O5S. The molecule has 0 unspecified atom stereocenters. The van der Waals surface area contributed by atoms with Crippen molar-refractivity contribution in [3.8, 4) is 0 Å². The van der Waals surface area contributed by atoms with E-state index in [1.165, 1.54) is 27.4 Å². The Bertz CT molecular complexity index is 1040. The monoisotopic (exact) mass is 421 g/mol. The first kappa shape index (κ1) is 20.2. The summed E-state index contributed by atoms with van der Waals surface area (Å²) in [5.41, 5.74) is 0.726. The molecule has 0 bridgehead atoms. The Balaban J connectivity index is 1.48. The van der Waals surface area contributed by atoms with Gasteiger partial charge in [0.25, 0.3) is 0 Å². The van der Waals surface area contributed by atoms with Crippen LogP contribution < -0.4 is 11.1 Å². The quantitative estimate of drug-likeness (QED) is 0.771. The second-order valence-electron chi connectivity index (χ2n) is 7.91. The summed E-state index contributed by atoms with van der Waals surface area (Å²) in [6, 6.07) is 4.72. The third kappa shape index (κ3) is 4.25. The highest BCUT2D eigenvalue weighted by atomic mass is 32.2. The van der Waals surface area contributed by atoms with Crippen LogP contribution in [0.3, 0.4) is 0 Å². The van der Waals surface area contributed by atoms with Gasteiger partial charge in [-0.2, -0.15) is 4.31 Å². The first-order valence-electron chi connectivity index (χ1n) is 10.4. The van der Waals surface area contributed by atoms with Crippen LogP contribution in [0.1, 0.15) is 51.4 Å². The predicted molar refractivity (Wildman–Crippen MR) is 108 cm³/mol. The van der Waals surface area contributed by atoms with E-state index in [9.17, 15) is 18.0 Å². The van der Waals surface area contributed by atoms with E-state index < -0.39 is 15.8 Å². The Morgan fingerprint density at radius 3 is 2.55 bits per heavy atom. The number of amides is 1. The second kappa shape index (κ2) is 8.31. The zero-order valence-electron chi connectivity index (χ0n) is 16.4. The molecule has 2 aliphatic rings. The lowest BCUT2D eigenvalue weighted by Gasteiger charge is -2.22. The highest BCUT2D eigenvalue weighted by molar-refractivity contribution is 7.89. The number of hydrogen-bond donors (Lipinski definition) is 1. The Kier molecular flexibility index (Phi) is 5.78. The van der Waals surface area contributed by atoms with Gasteiger partial charge >= 0.3 is 5.76 Å². The minimum absolute atomic E-state index is 0.0774. The fraction of sp³-hybridized carbons (Fsp3) is 0.600. The second-order valence-corrected chi connectivity index (χ2v) is 9.85. The van der Waals surface area contributed by atoms with Crippen molar-refractivity contribution >= 4 is 27.0 Å². The summed E-state index contributed by atoms with van der Waals surface area (Å²) in [4.78, 5) is 24.6. The van der Waals surface area contributed by atoms with E-state index in [0.29, 0.717) is 18.6 Å². The Hall–Kier alpha value is -2.13. The number of hydrogen-bond acceptors (Lipinski definition) is 5. The van der Waals surface area contributed by atoms with Crippen molar-refractivity contribution in [2.75, 3.05) is 13.1 Å². The van der Waals surface area contributed by atoms with E-state index in [0.717, 1.165) is 38.5 Å². The Labute approximate surface area is 169 Å². The molecule has 1 saturated carbocycles. The highest BCUT2D eigenvalue weighted by Gasteiger charge is 2.28. The molecular weight excluding hydrogens is 394 g/mol. The molecule has 1 aliphatic heterocycles. The van der Waals surface area contributed by atoms with Gasteiger partial charge in [0.2, 0.25) is 15.9 Å². The number of aromatic nitrogens is 1. The van der Waals surface area contributed by atoms with Gasteiger partial charge in [0, 0.05) is 38.2 Å². The van der Waals surface area contributed by atoms with Crippen molar-refractivity contribution < 1.29 is 17.6 Å². The maximum absolute atomic E-state index is 12.7. The van der Waals surface area contributed by atoms with Gasteiger partial charge in [0.05, 0.1) is 10.4 Å². The summed E-state index contributed by atoms with van der Waals surface area (Å²) in [6.07, 6.45) is 7.41. The van der Waals surface area contributed by atoms with E-state index >= 15 is 0 Å². The maximum atomic E-state index is 12.7. The zero-order chi connectivity index (χ0) is 20.4. The summed E-state index contributed by atoms with van der Waals surface area (Å²) >= 11 is 0. The molecule has 1 amide bonds. The van der Waals surface area contributed by atoms with Crippen LogP contribution in [0.2, 0.25) is 0 Å². The SMILES string of the molecule is O=C(CCn1c(=O)oc2cc(S(=O)(=O)N3CCCC3)ccc21)NC1CCCCC1. The number of benzene rings is 1. The lowest BCUT2D eigenvalue weighted by atomic mass is 9.95. The molecule has 1 saturated heterocycles. The molecule has 0 atom stereocenters. The molecule has 29 heavy (non-hydrogen) atoms. The number of nitrogens with zero attached hydrogens (tertiary/aromatic N) is 2. The van der Waals surface area contributed by atoms with Crippen molar-refractivity contribution in [2.24, 2.45) is 0 Å². The van der Waals surface area contributed by atoms with E-state index in [-0.39, 0.29) is 35.4 Å². The van der Waals surface area contributed by atoms with Crippen LogP contribution in [0.5, 0.6) is 0 Å². The lowest BCUT2D eigenvalue weighted by molar-refractivity contribution is -0.122. The minimum Gasteiger partial charge on any atom is -0.408 e. The smallest absolute Gasteiger partial charge is 0.408 e. The van der Waals surface area contributed by atoms with Crippen molar-refractivity contribution in [2.45, 2.75) is 68.8 Å². The van der Waals surface area contributed by atoms with Crippen LogP contribution in [0.15, 0.2) is 32.3 Å². The standard InChI is InChI=1S/C20H27N3O5S/c24-19(21-15-6-2-1-3-7-15)10-13-23-17-9-8-16(14-18(17)28-20(23)25)29(26,27)22-11-4-5-12-22/h8-9,14-15H,1-7,10-13H2,(H,21,24). The molecule has 158 valence electrons. The maximum Gasteiger partial charge on any atom is 0.419 e. The normalized spacial score (nSPS) is 19.0. The number of carbonyl (C=O) groups excluding carboxylic acids is 1. The van der Waals surface area contributed by atoms with Gasteiger partial charge < -0.3 is 9.73 Å². The number of oxazole rings is 1. The fourth-order valence-electron chi connectivity index (χ4n) is 4.26. The van der Waals surface area contributed by atoms with Gasteiger partial charge in [0.1, 0.15) is 0 Å². The van der Waals surface area contributed by atoms with Crippen molar-refractivity contribution in [3.63, 3.8) is 0 Å². The Morgan fingerprint density at radius 1 is 1.10 bits per heavy atom. The minimum atomic E-state index is -3.58. The summed E-state index contributed by atoms with van der Waals surface area (Å²) in [6.45, 7) is 1.23. The molecule has 1 aliphatic carbocycles. The number of aryl methyl sites for hydroxylation is 1. The van der Waals surface area contributed by atoms with E-state index in [1.54, 1.807) is 6.07 Å². The molecule has 1 aromatic carbocycles. The first-order valence-corrected chi connectivity index (χ1v) is 11.8. The number of nitrogens with one attached hydrogen (secondary N) is 1. The molecule has 0 spiro atoms. The summed E-state index contributed by atoms with van der Waals surface area (Å²) in [5, 5.41) is 3.04. The van der Waals surface area contributed by atoms with Crippen LogP contribution in [0.25, 0.3) is 11.1 Å². The average molecular weight is 422 g/mol. The van der Waals surface area contributed by atoms with Gasteiger partial charge in [-0.25, -0.2) is 13.2 Å². The predicted octanol–water partition coefficient (Wildman–Crippen LogP) is 2.22. The number of carbonyl (C=O) groups is 1. The molecule has 8 nitrogen and oxygen atoms in total. The van der Waals surface area contributed by atoms with E-state index in [2.05, 4.69) is 5.32 Å². The van der Waals surface area contributed by atoms with Gasteiger partial charge in [-0.3, -0.25) is 9.36 Å². The van der Waals surface area contributed by atoms with Crippen LogP contribution in [0.4, 0.5) is 0 Å². The van der Waals surface area contributed by atoms with Crippen LogP contribution in [-0.2, 0) is 21.4 Å². The average Bonchev–Trinajstić information content (AvgIpc) is 3.35. The van der Waals surface area contributed by atoms with E-state index in [1.807, 2.05) is 0 Å². The molecule has 9 heteroatoms. The molecule has 2 heterocycles. The van der Waals surface area contributed by atoms with Crippen LogP contribution in [-0.4, -0.2) is 42.3 Å². The molecule has 2 fully saturated rings. The number of sulfonamides is 1. The zero-order valence-corrected chi connectivity index (χ0v) is 17.2. The van der Waals surface area contributed by atoms with Crippen molar-refractivity contribution in [3.05, 3.63) is 28.7 Å². The topological polar surface area (TPSA) is 102 Å². The molecule has 1 aromatic heterocycles. The molecule has 0 radical (unpaired) electrons. The van der Waals surface area contributed by atoms with E-state index in [4.69, 9.17) is 4.42 Å². The van der Waals surface area contributed by atoms with Gasteiger partial charge in [-0.15, -0.1) is 0 Å².